The van der Waals surface area contributed by atoms with Crippen LogP contribution in [0.2, 0.25) is 0 Å². The first-order valence-corrected chi connectivity index (χ1v) is 11.7. The van der Waals surface area contributed by atoms with Crippen molar-refractivity contribution in [1.82, 2.24) is 10.6 Å². The number of aromatic carboxylic acids is 1. The first kappa shape index (κ1) is 26.0. The monoisotopic (exact) mass is 495 g/mol. The Bertz CT molecular complexity index is 975. The Morgan fingerprint density at radius 2 is 1.85 bits per heavy atom. The Morgan fingerprint density at radius 1 is 1.15 bits per heavy atom. The minimum absolute atomic E-state index is 0.0489. The van der Waals surface area contributed by atoms with Crippen LogP contribution in [-0.4, -0.2) is 79.7 Å². The summed E-state index contributed by atoms with van der Waals surface area (Å²) in [5.41, 5.74) is 0.369. The van der Waals surface area contributed by atoms with Gasteiger partial charge < -0.3 is 41.5 Å². The van der Waals surface area contributed by atoms with E-state index in [2.05, 4.69) is 16.0 Å². The van der Waals surface area contributed by atoms with Crippen LogP contribution in [0.15, 0.2) is 34.9 Å². The Balaban J connectivity index is 1.67. The molecule has 2 aliphatic rings. The number of carboxylic acids is 2. The van der Waals surface area contributed by atoms with Crippen LogP contribution in [0.3, 0.4) is 0 Å². The molecule has 34 heavy (non-hydrogen) atoms. The third kappa shape index (κ3) is 5.70. The minimum atomic E-state index is -1.83. The molecule has 11 nitrogen and oxygen atoms in total. The van der Waals surface area contributed by atoms with E-state index in [0.717, 1.165) is 0 Å². The van der Waals surface area contributed by atoms with Gasteiger partial charge in [0.15, 0.2) is 6.29 Å². The number of hydrogen-bond acceptors (Lipinski definition) is 9. The van der Waals surface area contributed by atoms with Crippen LogP contribution in [0, 0.1) is 11.8 Å². The molecule has 12 heteroatoms. The molecule has 3 rings (SSSR count). The average Bonchev–Trinajstić information content (AvgIpc) is 3.34. The first-order chi connectivity index (χ1) is 16.0. The van der Waals surface area contributed by atoms with Gasteiger partial charge in [0, 0.05) is 34.3 Å². The zero-order chi connectivity index (χ0) is 25.2. The molecule has 1 aromatic rings. The Labute approximate surface area is 200 Å². The van der Waals surface area contributed by atoms with Gasteiger partial charge in [-0.05, 0) is 31.5 Å². The zero-order valence-electron chi connectivity index (χ0n) is 18.6. The fourth-order valence-electron chi connectivity index (χ4n) is 4.38. The SMILES string of the molecule is C[C@@H](O)[C@@H](C(O)O)[C@@H]1NC(C(=O)O)=C(S[C@@H]2CN[C@H](C(=O)Nc3cccc(C(=O)O)c3)C2)[C@@H]1C. The second kappa shape index (κ2) is 10.7. The second-order valence-electron chi connectivity index (χ2n) is 8.55. The van der Waals surface area contributed by atoms with Crippen LogP contribution in [0.5, 0.6) is 0 Å². The summed E-state index contributed by atoms with van der Waals surface area (Å²) < 4.78 is 0. The minimum Gasteiger partial charge on any atom is -0.478 e. The van der Waals surface area contributed by atoms with E-state index >= 15 is 0 Å². The smallest absolute Gasteiger partial charge is 0.352 e. The van der Waals surface area contributed by atoms with Crippen molar-refractivity contribution in [3.05, 3.63) is 40.4 Å². The summed E-state index contributed by atoms with van der Waals surface area (Å²) in [6.07, 6.45) is -2.51. The normalized spacial score (nSPS) is 26.3. The number of aliphatic hydroxyl groups is 3. The Kier molecular flexibility index (Phi) is 8.21. The van der Waals surface area contributed by atoms with E-state index in [1.54, 1.807) is 13.0 Å². The van der Waals surface area contributed by atoms with Crippen molar-refractivity contribution in [2.45, 2.75) is 50.0 Å². The molecular weight excluding hydrogens is 466 g/mol. The third-order valence-electron chi connectivity index (χ3n) is 6.12. The number of anilines is 1. The average molecular weight is 496 g/mol. The molecule has 0 spiro atoms. The molecule has 6 atom stereocenters. The Morgan fingerprint density at radius 3 is 2.44 bits per heavy atom. The highest BCUT2D eigenvalue weighted by Gasteiger charge is 2.44. The van der Waals surface area contributed by atoms with Gasteiger partial charge in [0.1, 0.15) is 5.70 Å². The highest BCUT2D eigenvalue weighted by atomic mass is 32.2. The van der Waals surface area contributed by atoms with Gasteiger partial charge in [-0.2, -0.15) is 0 Å². The fraction of sp³-hybridized carbons (Fsp3) is 0.500. The van der Waals surface area contributed by atoms with Crippen LogP contribution in [-0.2, 0) is 9.59 Å². The summed E-state index contributed by atoms with van der Waals surface area (Å²) in [6.45, 7) is 3.62. The van der Waals surface area contributed by atoms with Crippen molar-refractivity contribution >= 4 is 35.3 Å². The molecule has 2 heterocycles. The fourth-order valence-corrected chi connectivity index (χ4v) is 5.84. The third-order valence-corrected chi connectivity index (χ3v) is 7.64. The predicted octanol–water partition coefficient (Wildman–Crippen LogP) is -0.00120. The van der Waals surface area contributed by atoms with Crippen molar-refractivity contribution in [2.24, 2.45) is 11.8 Å². The number of aliphatic hydroxyl groups excluding tert-OH is 2. The van der Waals surface area contributed by atoms with Crippen molar-refractivity contribution in [3.63, 3.8) is 0 Å². The molecule has 2 aliphatic heterocycles. The van der Waals surface area contributed by atoms with Gasteiger partial charge in [0.05, 0.1) is 23.6 Å². The number of amides is 1. The number of carboxylic acid groups (broad SMARTS) is 2. The summed E-state index contributed by atoms with van der Waals surface area (Å²) in [7, 11) is 0. The molecule has 0 aromatic heterocycles. The molecule has 1 fully saturated rings. The highest BCUT2D eigenvalue weighted by Crippen LogP contribution is 2.42. The predicted molar refractivity (Wildman–Crippen MR) is 124 cm³/mol. The highest BCUT2D eigenvalue weighted by molar-refractivity contribution is 8.03. The number of carbonyl (C=O) groups excluding carboxylic acids is 1. The summed E-state index contributed by atoms with van der Waals surface area (Å²) >= 11 is 1.31. The van der Waals surface area contributed by atoms with Crippen LogP contribution < -0.4 is 16.0 Å². The molecule has 0 aliphatic carbocycles. The van der Waals surface area contributed by atoms with Gasteiger partial charge in [-0.1, -0.05) is 13.0 Å². The number of aliphatic carboxylic acids is 1. The number of nitrogens with one attached hydrogen (secondary N) is 3. The van der Waals surface area contributed by atoms with E-state index in [-0.39, 0.29) is 22.4 Å². The van der Waals surface area contributed by atoms with Gasteiger partial charge in [0.25, 0.3) is 0 Å². The summed E-state index contributed by atoms with van der Waals surface area (Å²) in [5.74, 6) is -4.02. The quantitative estimate of drug-likeness (QED) is 0.215. The van der Waals surface area contributed by atoms with Gasteiger partial charge >= 0.3 is 11.9 Å². The maximum absolute atomic E-state index is 12.7. The lowest BCUT2D eigenvalue weighted by atomic mass is 9.87. The van der Waals surface area contributed by atoms with E-state index in [0.29, 0.717) is 23.6 Å². The van der Waals surface area contributed by atoms with E-state index in [1.165, 1.54) is 36.9 Å². The maximum Gasteiger partial charge on any atom is 0.352 e. The molecule has 186 valence electrons. The number of carbonyl (C=O) groups is 3. The van der Waals surface area contributed by atoms with Gasteiger partial charge in [-0.3, -0.25) is 4.79 Å². The molecule has 1 saturated heterocycles. The molecule has 1 amide bonds. The number of benzene rings is 1. The van der Waals surface area contributed by atoms with E-state index in [9.17, 15) is 34.8 Å². The maximum atomic E-state index is 12.7. The van der Waals surface area contributed by atoms with Gasteiger partial charge in [-0.25, -0.2) is 9.59 Å². The molecule has 1 aromatic carbocycles. The van der Waals surface area contributed by atoms with E-state index in [1.807, 2.05) is 0 Å². The summed E-state index contributed by atoms with van der Waals surface area (Å²) in [4.78, 5) is 36.2. The lowest BCUT2D eigenvalue weighted by Gasteiger charge is -2.31. The number of rotatable bonds is 9. The summed E-state index contributed by atoms with van der Waals surface area (Å²) in [5, 5.41) is 56.7. The standard InChI is InChI=1S/C22H29N3O8S/c1-9-16(15(10(2)26)21(30)31)25-17(22(32)33)18(9)34-13-7-14(23-8-13)19(27)24-12-5-3-4-11(6-12)20(28)29/h3-6,9-10,13-16,21,23,25-26,30-31H,7-8H2,1-2H3,(H,24,27)(H,28,29)(H,32,33)/t9-,10-,13+,14+,15-,16-/m1/s1. The van der Waals surface area contributed by atoms with Gasteiger partial charge in [0.2, 0.25) is 5.91 Å². The molecule has 0 bridgehead atoms. The van der Waals surface area contributed by atoms with Crippen LogP contribution in [0.4, 0.5) is 5.69 Å². The van der Waals surface area contributed by atoms with Crippen LogP contribution in [0.25, 0.3) is 0 Å². The first-order valence-electron chi connectivity index (χ1n) is 10.8. The van der Waals surface area contributed by atoms with E-state index in [4.69, 9.17) is 5.11 Å². The largest absolute Gasteiger partial charge is 0.478 e. The zero-order valence-corrected chi connectivity index (χ0v) is 19.5. The topological polar surface area (TPSA) is 188 Å². The number of hydrogen-bond donors (Lipinski definition) is 8. The van der Waals surface area contributed by atoms with Crippen LogP contribution in [0.1, 0.15) is 30.6 Å². The van der Waals surface area contributed by atoms with Crippen molar-refractivity contribution in [3.8, 4) is 0 Å². The van der Waals surface area contributed by atoms with E-state index < -0.39 is 48.3 Å². The van der Waals surface area contributed by atoms with Crippen molar-refractivity contribution in [1.29, 1.82) is 0 Å². The molecule has 0 unspecified atom stereocenters. The molecule has 8 N–H and O–H groups in total. The Hall–Kier alpha value is -2.64. The van der Waals surface area contributed by atoms with Gasteiger partial charge in [-0.15, -0.1) is 11.8 Å². The van der Waals surface area contributed by atoms with Crippen molar-refractivity contribution < 1.29 is 39.9 Å². The molecular formula is C22H29N3O8S. The van der Waals surface area contributed by atoms with Crippen LogP contribution >= 0.6 is 11.8 Å². The molecule has 0 radical (unpaired) electrons. The lowest BCUT2D eigenvalue weighted by molar-refractivity contribution is -0.135. The second-order valence-corrected chi connectivity index (χ2v) is 9.89. The molecule has 0 saturated carbocycles. The van der Waals surface area contributed by atoms with Crippen molar-refractivity contribution in [2.75, 3.05) is 11.9 Å². The summed E-state index contributed by atoms with van der Waals surface area (Å²) in [6, 6.07) is 4.68. The number of thioether (sulfide) groups is 1. The lowest BCUT2D eigenvalue weighted by Crippen LogP contribution is -2.47.